The summed E-state index contributed by atoms with van der Waals surface area (Å²) in [5.74, 6) is 0.933. The van der Waals surface area contributed by atoms with Gasteiger partial charge in [0.15, 0.2) is 0 Å². The molecule has 1 aromatic heterocycles. The van der Waals surface area contributed by atoms with Gasteiger partial charge < -0.3 is 9.64 Å². The molecular weight excluding hydrogens is 378 g/mol. The molecule has 0 saturated heterocycles. The molecule has 0 N–H and O–H groups in total. The van der Waals surface area contributed by atoms with Gasteiger partial charge in [0, 0.05) is 16.4 Å². The average Bonchev–Trinajstić information content (AvgIpc) is 3.17. The molecule has 0 bridgehead atoms. The van der Waals surface area contributed by atoms with E-state index in [1.807, 2.05) is 53.4 Å². The van der Waals surface area contributed by atoms with Crippen molar-refractivity contribution in [2.24, 2.45) is 0 Å². The zero-order chi connectivity index (χ0) is 18.8. The van der Waals surface area contributed by atoms with Crippen LogP contribution in [0.4, 0.5) is 0 Å². The van der Waals surface area contributed by atoms with Crippen LogP contribution >= 0.6 is 22.9 Å². The van der Waals surface area contributed by atoms with Crippen LogP contribution in [0, 0.1) is 0 Å². The quantitative estimate of drug-likeness (QED) is 0.611. The predicted octanol–water partition coefficient (Wildman–Crippen LogP) is 5.13. The van der Waals surface area contributed by atoms with Gasteiger partial charge in [0.1, 0.15) is 5.75 Å². The first kappa shape index (κ1) is 18.1. The van der Waals surface area contributed by atoms with Crippen molar-refractivity contribution in [2.75, 3.05) is 13.7 Å². The largest absolute Gasteiger partial charge is 0.497 e. The first-order valence-corrected chi connectivity index (χ1v) is 10.2. The molecule has 3 nitrogen and oxygen atoms in total. The van der Waals surface area contributed by atoms with E-state index in [9.17, 15) is 4.79 Å². The van der Waals surface area contributed by atoms with Crippen LogP contribution in [0.15, 0.2) is 60.0 Å². The van der Waals surface area contributed by atoms with Crippen LogP contribution in [0.3, 0.4) is 0 Å². The van der Waals surface area contributed by atoms with Crippen molar-refractivity contribution in [3.05, 3.63) is 86.6 Å². The van der Waals surface area contributed by atoms with Gasteiger partial charge in [-0.25, -0.2) is 0 Å². The Balaban J connectivity index is 1.63. The molecule has 1 unspecified atom stereocenters. The van der Waals surface area contributed by atoms with E-state index in [4.69, 9.17) is 16.3 Å². The van der Waals surface area contributed by atoms with E-state index in [1.54, 1.807) is 18.4 Å². The molecule has 1 aliphatic heterocycles. The summed E-state index contributed by atoms with van der Waals surface area (Å²) >= 11 is 7.84. The molecular formula is C22H20ClNO2S. The Bertz CT molecular complexity index is 934. The summed E-state index contributed by atoms with van der Waals surface area (Å²) in [5, 5.41) is 2.82. The fraction of sp³-hybridized carbons (Fsp3) is 0.227. The standard InChI is InChI=1S/C22H20ClNO2S/c1-26-18-8-2-15(3-9-18)14-21(25)24-12-10-20-19(11-13-27-20)22(24)16-4-6-17(23)7-5-16/h2-9,11,13,22H,10,12,14H2,1H3. The van der Waals surface area contributed by atoms with E-state index in [-0.39, 0.29) is 11.9 Å². The topological polar surface area (TPSA) is 29.5 Å². The van der Waals surface area contributed by atoms with Gasteiger partial charge in [-0.2, -0.15) is 0 Å². The second kappa shape index (κ2) is 7.75. The summed E-state index contributed by atoms with van der Waals surface area (Å²) in [6, 6.07) is 17.6. The van der Waals surface area contributed by atoms with Crippen molar-refractivity contribution in [3.63, 3.8) is 0 Å². The number of methoxy groups -OCH3 is 1. The lowest BCUT2D eigenvalue weighted by Gasteiger charge is -2.36. The molecule has 0 radical (unpaired) electrons. The monoisotopic (exact) mass is 397 g/mol. The maximum Gasteiger partial charge on any atom is 0.227 e. The highest BCUT2D eigenvalue weighted by atomic mass is 35.5. The molecule has 0 fully saturated rings. The number of nitrogens with zero attached hydrogens (tertiary/aromatic N) is 1. The molecule has 2 heterocycles. The summed E-state index contributed by atoms with van der Waals surface area (Å²) in [4.78, 5) is 16.5. The molecule has 0 spiro atoms. The van der Waals surface area contributed by atoms with E-state index in [0.29, 0.717) is 11.4 Å². The predicted molar refractivity (Wildman–Crippen MR) is 110 cm³/mol. The maximum atomic E-state index is 13.2. The van der Waals surface area contributed by atoms with Gasteiger partial charge in [-0.1, -0.05) is 35.9 Å². The number of halogens is 1. The van der Waals surface area contributed by atoms with Crippen LogP contribution in [-0.4, -0.2) is 24.5 Å². The summed E-state index contributed by atoms with van der Waals surface area (Å²) < 4.78 is 5.20. The van der Waals surface area contributed by atoms with Crippen molar-refractivity contribution >= 4 is 28.8 Å². The van der Waals surface area contributed by atoms with E-state index < -0.39 is 0 Å². The summed E-state index contributed by atoms with van der Waals surface area (Å²) in [6.45, 7) is 0.732. The van der Waals surface area contributed by atoms with Crippen LogP contribution in [0.2, 0.25) is 5.02 Å². The molecule has 1 atom stereocenters. The Morgan fingerprint density at radius 3 is 2.59 bits per heavy atom. The third-order valence-electron chi connectivity index (χ3n) is 4.99. The number of carbonyl (C=O) groups excluding carboxylic acids is 1. The fourth-order valence-electron chi connectivity index (χ4n) is 3.61. The van der Waals surface area contributed by atoms with Crippen LogP contribution in [-0.2, 0) is 17.6 Å². The van der Waals surface area contributed by atoms with E-state index >= 15 is 0 Å². The van der Waals surface area contributed by atoms with E-state index in [1.165, 1.54) is 10.4 Å². The summed E-state index contributed by atoms with van der Waals surface area (Å²) in [6.07, 6.45) is 1.29. The highest BCUT2D eigenvalue weighted by Crippen LogP contribution is 2.38. The number of rotatable bonds is 4. The van der Waals surface area contributed by atoms with E-state index in [2.05, 4.69) is 11.4 Å². The normalized spacial score (nSPS) is 16.1. The van der Waals surface area contributed by atoms with Gasteiger partial charge in [-0.05, 0) is 58.8 Å². The van der Waals surface area contributed by atoms with Crippen LogP contribution in [0.5, 0.6) is 5.75 Å². The van der Waals surface area contributed by atoms with Gasteiger partial charge in [0.05, 0.1) is 19.6 Å². The molecule has 138 valence electrons. The molecule has 27 heavy (non-hydrogen) atoms. The number of ether oxygens (including phenoxy) is 1. The van der Waals surface area contributed by atoms with Crippen LogP contribution in [0.1, 0.15) is 27.6 Å². The van der Waals surface area contributed by atoms with Crippen molar-refractivity contribution in [2.45, 2.75) is 18.9 Å². The van der Waals surface area contributed by atoms with Gasteiger partial charge in [-0.15, -0.1) is 11.3 Å². The summed E-state index contributed by atoms with van der Waals surface area (Å²) in [5.41, 5.74) is 3.32. The average molecular weight is 398 g/mol. The van der Waals surface area contributed by atoms with Crippen molar-refractivity contribution in [3.8, 4) is 5.75 Å². The molecule has 0 saturated carbocycles. The molecule has 2 aromatic carbocycles. The maximum absolute atomic E-state index is 13.2. The summed E-state index contributed by atoms with van der Waals surface area (Å²) in [7, 11) is 1.64. The van der Waals surface area contributed by atoms with Crippen molar-refractivity contribution < 1.29 is 9.53 Å². The van der Waals surface area contributed by atoms with Crippen molar-refractivity contribution in [1.29, 1.82) is 0 Å². The Morgan fingerprint density at radius 1 is 1.15 bits per heavy atom. The third kappa shape index (κ3) is 3.73. The lowest BCUT2D eigenvalue weighted by Crippen LogP contribution is -2.40. The van der Waals surface area contributed by atoms with Crippen LogP contribution in [0.25, 0.3) is 0 Å². The Kier molecular flexibility index (Phi) is 5.19. The number of thiophene rings is 1. The highest BCUT2D eigenvalue weighted by molar-refractivity contribution is 7.10. The zero-order valence-electron chi connectivity index (χ0n) is 15.0. The lowest BCUT2D eigenvalue weighted by molar-refractivity contribution is -0.132. The molecule has 1 aliphatic rings. The molecule has 1 amide bonds. The number of hydrogen-bond donors (Lipinski definition) is 0. The minimum Gasteiger partial charge on any atom is -0.497 e. The highest BCUT2D eigenvalue weighted by Gasteiger charge is 2.32. The number of fused-ring (bicyclic) bond motifs is 1. The zero-order valence-corrected chi connectivity index (χ0v) is 16.6. The van der Waals surface area contributed by atoms with Crippen molar-refractivity contribution in [1.82, 2.24) is 4.90 Å². The smallest absolute Gasteiger partial charge is 0.227 e. The number of amides is 1. The Morgan fingerprint density at radius 2 is 1.89 bits per heavy atom. The molecule has 3 aromatic rings. The first-order chi connectivity index (χ1) is 13.2. The molecule has 4 rings (SSSR count). The Labute approximate surface area is 168 Å². The molecule has 5 heteroatoms. The minimum absolute atomic E-state index is 0.0528. The first-order valence-electron chi connectivity index (χ1n) is 8.90. The number of benzene rings is 2. The number of carbonyl (C=O) groups is 1. The second-order valence-corrected chi connectivity index (χ2v) is 8.05. The molecule has 0 aliphatic carbocycles. The lowest BCUT2D eigenvalue weighted by atomic mass is 9.92. The van der Waals surface area contributed by atoms with Gasteiger partial charge in [-0.3, -0.25) is 4.79 Å². The third-order valence-corrected chi connectivity index (χ3v) is 6.23. The minimum atomic E-state index is -0.0528. The SMILES string of the molecule is COc1ccc(CC(=O)N2CCc3sccc3C2c2ccc(Cl)cc2)cc1. The van der Waals surface area contributed by atoms with Gasteiger partial charge in [0.2, 0.25) is 5.91 Å². The van der Waals surface area contributed by atoms with Crippen LogP contribution < -0.4 is 4.74 Å². The Hall–Kier alpha value is -2.30. The fourth-order valence-corrected chi connectivity index (χ4v) is 4.64. The second-order valence-electron chi connectivity index (χ2n) is 6.62. The van der Waals surface area contributed by atoms with E-state index in [0.717, 1.165) is 29.8 Å². The number of hydrogen-bond acceptors (Lipinski definition) is 3. The van der Waals surface area contributed by atoms with Gasteiger partial charge >= 0.3 is 0 Å². The van der Waals surface area contributed by atoms with Gasteiger partial charge in [0.25, 0.3) is 0 Å².